The minimum atomic E-state index is -4.24. The highest BCUT2D eigenvalue weighted by Crippen LogP contribution is 2.41. The van der Waals surface area contributed by atoms with Gasteiger partial charge in [-0.25, -0.2) is 4.89 Å². The van der Waals surface area contributed by atoms with E-state index in [-0.39, 0.29) is 13.2 Å². The number of carbonyl (C=O) groups is 1. The van der Waals surface area contributed by atoms with Crippen molar-refractivity contribution < 1.29 is 33.7 Å². The lowest BCUT2D eigenvalue weighted by atomic mass is 10.3. The highest BCUT2D eigenvalue weighted by molar-refractivity contribution is 7.53. The highest BCUT2D eigenvalue weighted by atomic mass is 31.2. The molecule has 18 heavy (non-hydrogen) atoms. The predicted molar refractivity (Wildman–Crippen MR) is 61.3 cm³/mol. The maximum absolute atomic E-state index is 11.0. The van der Waals surface area contributed by atoms with E-state index < -0.39 is 19.7 Å². The van der Waals surface area contributed by atoms with Crippen molar-refractivity contribution >= 4 is 13.6 Å². The third-order valence-corrected chi connectivity index (χ3v) is 2.69. The van der Waals surface area contributed by atoms with Crippen molar-refractivity contribution in [1.82, 2.24) is 0 Å². The normalized spacial score (nSPS) is 13.8. The van der Waals surface area contributed by atoms with Crippen molar-refractivity contribution in [2.24, 2.45) is 0 Å². The topological polar surface area (TPSA) is 102 Å². The largest absolute Gasteiger partial charge is 0.491 e. The van der Waals surface area contributed by atoms with Gasteiger partial charge in [0.05, 0.1) is 0 Å². The molecular weight excluding hydrogens is 263 g/mol. The molecule has 0 aliphatic heterocycles. The predicted octanol–water partition coefficient (Wildman–Crippen LogP) is 1.28. The SMILES string of the molecule is O=C(O)CP(=O)(O)OOCCOc1ccccc1. The van der Waals surface area contributed by atoms with E-state index in [1.165, 1.54) is 0 Å². The molecule has 0 amide bonds. The van der Waals surface area contributed by atoms with Gasteiger partial charge in [0, 0.05) is 0 Å². The van der Waals surface area contributed by atoms with Gasteiger partial charge in [0.25, 0.3) is 0 Å². The van der Waals surface area contributed by atoms with Crippen LogP contribution in [0.4, 0.5) is 0 Å². The van der Waals surface area contributed by atoms with Crippen molar-refractivity contribution in [3.63, 3.8) is 0 Å². The summed E-state index contributed by atoms with van der Waals surface area (Å²) in [6, 6.07) is 8.90. The smallest absolute Gasteiger partial charge is 0.366 e. The molecule has 0 heterocycles. The second-order valence-corrected chi connectivity index (χ2v) is 4.99. The lowest BCUT2D eigenvalue weighted by molar-refractivity contribution is -0.216. The summed E-state index contributed by atoms with van der Waals surface area (Å²) in [5, 5.41) is 8.31. The Hall–Kier alpha value is -1.40. The Labute approximate surface area is 103 Å². The average Bonchev–Trinajstić information content (AvgIpc) is 2.28. The van der Waals surface area contributed by atoms with Gasteiger partial charge in [-0.2, -0.15) is 0 Å². The minimum Gasteiger partial charge on any atom is -0.491 e. The van der Waals surface area contributed by atoms with Crippen LogP contribution in [0.3, 0.4) is 0 Å². The van der Waals surface area contributed by atoms with Gasteiger partial charge in [0.15, 0.2) is 0 Å². The lowest BCUT2D eigenvalue weighted by Crippen LogP contribution is -2.09. The van der Waals surface area contributed by atoms with Gasteiger partial charge >= 0.3 is 13.6 Å². The Morgan fingerprint density at radius 2 is 1.89 bits per heavy atom. The van der Waals surface area contributed by atoms with E-state index in [2.05, 4.69) is 9.56 Å². The van der Waals surface area contributed by atoms with Crippen LogP contribution in [0.1, 0.15) is 0 Å². The number of ether oxygens (including phenoxy) is 1. The Morgan fingerprint density at radius 3 is 2.50 bits per heavy atom. The number of carboxylic acid groups (broad SMARTS) is 1. The van der Waals surface area contributed by atoms with Gasteiger partial charge in [-0.05, 0) is 12.1 Å². The fraction of sp³-hybridized carbons (Fsp3) is 0.300. The first kappa shape index (κ1) is 14.7. The molecule has 100 valence electrons. The molecule has 0 saturated heterocycles. The minimum absolute atomic E-state index is 0.0982. The monoisotopic (exact) mass is 276 g/mol. The van der Waals surface area contributed by atoms with Crippen LogP contribution in [0.25, 0.3) is 0 Å². The Balaban J connectivity index is 2.16. The highest BCUT2D eigenvalue weighted by Gasteiger charge is 2.25. The standard InChI is InChI=1S/C10H13O7P/c11-10(12)8-18(13,14)17-16-7-6-15-9-4-2-1-3-5-9/h1-5H,6-8H2,(H,11,12)(H,13,14). The molecule has 2 N–H and O–H groups in total. The molecule has 0 aromatic heterocycles. The Bertz CT molecular complexity index is 419. The van der Waals surface area contributed by atoms with Crippen LogP contribution in [0.2, 0.25) is 0 Å². The molecule has 0 spiro atoms. The third kappa shape index (κ3) is 6.36. The van der Waals surface area contributed by atoms with Gasteiger partial charge in [-0.1, -0.05) is 18.2 Å². The quantitative estimate of drug-likeness (QED) is 0.319. The van der Waals surface area contributed by atoms with Gasteiger partial charge < -0.3 is 14.7 Å². The molecule has 1 aromatic rings. The summed E-state index contributed by atoms with van der Waals surface area (Å²) in [6.45, 7) is 0.0101. The van der Waals surface area contributed by atoms with Crippen molar-refractivity contribution in [2.45, 2.75) is 0 Å². The van der Waals surface area contributed by atoms with E-state index in [1.54, 1.807) is 24.3 Å². The molecule has 0 fully saturated rings. The maximum Gasteiger partial charge on any atom is 0.366 e. The molecular formula is C10H13O7P. The number of hydrogen-bond acceptors (Lipinski definition) is 5. The van der Waals surface area contributed by atoms with E-state index >= 15 is 0 Å². The summed E-state index contributed by atoms with van der Waals surface area (Å²) in [7, 11) is -4.24. The van der Waals surface area contributed by atoms with Crippen molar-refractivity contribution in [2.75, 3.05) is 19.4 Å². The van der Waals surface area contributed by atoms with Crippen molar-refractivity contribution in [3.8, 4) is 5.75 Å². The molecule has 0 bridgehead atoms. The molecule has 1 atom stereocenters. The summed E-state index contributed by atoms with van der Waals surface area (Å²) in [5.41, 5.74) is 0. The number of carboxylic acids is 1. The molecule has 1 rings (SSSR count). The molecule has 0 radical (unpaired) electrons. The summed E-state index contributed by atoms with van der Waals surface area (Å²) in [6.07, 6.45) is -1.01. The van der Waals surface area contributed by atoms with Gasteiger partial charge in [-0.3, -0.25) is 9.36 Å². The average molecular weight is 276 g/mol. The lowest BCUT2D eigenvalue weighted by Gasteiger charge is -2.09. The zero-order valence-corrected chi connectivity index (χ0v) is 10.3. The van der Waals surface area contributed by atoms with E-state index in [1.807, 2.05) is 6.07 Å². The summed E-state index contributed by atoms with van der Waals surface area (Å²) in [4.78, 5) is 23.6. The molecule has 0 aliphatic carbocycles. The van der Waals surface area contributed by atoms with Crippen LogP contribution in [-0.2, 0) is 18.9 Å². The van der Waals surface area contributed by atoms with Gasteiger partial charge in [-0.15, -0.1) is 4.67 Å². The second-order valence-electron chi connectivity index (χ2n) is 3.25. The number of para-hydroxylation sites is 1. The molecule has 1 aromatic carbocycles. The number of rotatable bonds is 8. The first-order valence-corrected chi connectivity index (χ1v) is 6.78. The van der Waals surface area contributed by atoms with Crippen LogP contribution in [0.15, 0.2) is 30.3 Å². The number of hydrogen-bond donors (Lipinski definition) is 2. The molecule has 1 unspecified atom stereocenters. The fourth-order valence-corrected chi connectivity index (χ4v) is 1.66. The first-order valence-electron chi connectivity index (χ1n) is 5.02. The van der Waals surface area contributed by atoms with E-state index in [0.29, 0.717) is 5.75 Å². The number of aliphatic carboxylic acids is 1. The summed E-state index contributed by atoms with van der Waals surface area (Å²) < 4.78 is 20.4. The molecule has 0 saturated carbocycles. The summed E-state index contributed by atoms with van der Waals surface area (Å²) >= 11 is 0. The van der Waals surface area contributed by atoms with Gasteiger partial charge in [0.2, 0.25) is 0 Å². The van der Waals surface area contributed by atoms with E-state index in [4.69, 9.17) is 14.7 Å². The Morgan fingerprint density at radius 1 is 1.22 bits per heavy atom. The van der Waals surface area contributed by atoms with Crippen molar-refractivity contribution in [3.05, 3.63) is 30.3 Å². The molecule has 8 heteroatoms. The molecule has 0 aliphatic rings. The van der Waals surface area contributed by atoms with E-state index in [9.17, 15) is 9.36 Å². The van der Waals surface area contributed by atoms with Crippen LogP contribution in [-0.4, -0.2) is 35.3 Å². The van der Waals surface area contributed by atoms with Crippen LogP contribution in [0, 0.1) is 0 Å². The number of benzene rings is 1. The second kappa shape index (κ2) is 7.13. The zero-order valence-electron chi connectivity index (χ0n) is 9.39. The van der Waals surface area contributed by atoms with Crippen LogP contribution >= 0.6 is 7.60 Å². The summed E-state index contributed by atoms with van der Waals surface area (Å²) in [5.74, 6) is -0.816. The van der Waals surface area contributed by atoms with Crippen molar-refractivity contribution in [1.29, 1.82) is 0 Å². The third-order valence-electron chi connectivity index (χ3n) is 1.68. The first-order chi connectivity index (χ1) is 8.49. The fourth-order valence-electron chi connectivity index (χ4n) is 1.03. The zero-order chi connectivity index (χ0) is 13.4. The Kier molecular flexibility index (Phi) is 5.80. The maximum atomic E-state index is 11.0. The van der Waals surface area contributed by atoms with Gasteiger partial charge in [0.1, 0.15) is 25.1 Å². The van der Waals surface area contributed by atoms with Crippen LogP contribution < -0.4 is 4.74 Å². The molecule has 7 nitrogen and oxygen atoms in total. The van der Waals surface area contributed by atoms with Crippen LogP contribution in [0.5, 0.6) is 5.75 Å². The van der Waals surface area contributed by atoms with E-state index in [0.717, 1.165) is 0 Å².